The first-order valence-corrected chi connectivity index (χ1v) is 4.50. The van der Waals surface area contributed by atoms with Gasteiger partial charge in [0.2, 0.25) is 0 Å². The topological polar surface area (TPSA) is 65.2 Å². The second-order valence-corrected chi connectivity index (χ2v) is 2.97. The van der Waals surface area contributed by atoms with Gasteiger partial charge in [-0.1, -0.05) is 0 Å². The number of carbonyl (C=O) groups excluding carboxylic acids is 1. The molecule has 1 heterocycles. The van der Waals surface area contributed by atoms with Crippen molar-refractivity contribution in [1.82, 2.24) is 4.98 Å². The van der Waals surface area contributed by atoms with Crippen LogP contribution in [-0.4, -0.2) is 17.6 Å². The van der Waals surface area contributed by atoms with Crippen LogP contribution in [0.1, 0.15) is 18.1 Å². The van der Waals surface area contributed by atoms with Gasteiger partial charge >= 0.3 is 5.97 Å². The lowest BCUT2D eigenvalue weighted by atomic mass is 10.1. The summed E-state index contributed by atoms with van der Waals surface area (Å²) in [4.78, 5) is 15.1. The molecule has 0 unspecified atom stereocenters. The summed E-state index contributed by atoms with van der Waals surface area (Å²) in [6.45, 7) is 4.06. The molecule has 0 bridgehead atoms. The van der Waals surface area contributed by atoms with Gasteiger partial charge in [0.25, 0.3) is 0 Å². The van der Waals surface area contributed by atoms with Gasteiger partial charge in [-0.25, -0.2) is 4.98 Å². The van der Waals surface area contributed by atoms with Crippen molar-refractivity contribution in [1.29, 1.82) is 0 Å². The number of nitrogens with two attached hydrogens (primary N) is 1. The number of aromatic nitrogens is 1. The van der Waals surface area contributed by atoms with Crippen LogP contribution in [0.15, 0.2) is 12.3 Å². The fourth-order valence-electron chi connectivity index (χ4n) is 1.20. The molecule has 0 aliphatic rings. The molecule has 0 aliphatic carbocycles. The number of rotatable bonds is 3. The molecule has 1 aromatic rings. The molecule has 0 aromatic carbocycles. The molecule has 0 saturated heterocycles. The quantitative estimate of drug-likeness (QED) is 0.731. The molecule has 2 N–H and O–H groups in total. The zero-order valence-electron chi connectivity index (χ0n) is 8.41. The molecule has 0 spiro atoms. The maximum atomic E-state index is 11.2. The van der Waals surface area contributed by atoms with Crippen LogP contribution >= 0.6 is 0 Å². The van der Waals surface area contributed by atoms with Gasteiger partial charge < -0.3 is 10.5 Å². The van der Waals surface area contributed by atoms with Crippen LogP contribution in [0.25, 0.3) is 0 Å². The van der Waals surface area contributed by atoms with Crippen LogP contribution < -0.4 is 5.73 Å². The Kier molecular flexibility index (Phi) is 3.45. The number of nitrogen functional groups attached to an aromatic ring is 1. The Labute approximate surface area is 83.1 Å². The lowest BCUT2D eigenvalue weighted by molar-refractivity contribution is -0.142. The van der Waals surface area contributed by atoms with E-state index in [9.17, 15) is 4.79 Å². The molecule has 4 nitrogen and oxygen atoms in total. The van der Waals surface area contributed by atoms with Gasteiger partial charge in [0.15, 0.2) is 0 Å². The van der Waals surface area contributed by atoms with E-state index in [2.05, 4.69) is 4.98 Å². The summed E-state index contributed by atoms with van der Waals surface area (Å²) in [6, 6.07) is 1.82. The molecule has 0 fully saturated rings. The molecule has 0 radical (unpaired) electrons. The molecule has 1 rings (SSSR count). The van der Waals surface area contributed by atoms with Crippen LogP contribution in [0.5, 0.6) is 0 Å². The van der Waals surface area contributed by atoms with E-state index in [0.29, 0.717) is 12.4 Å². The molecule has 76 valence electrons. The fourth-order valence-corrected chi connectivity index (χ4v) is 1.20. The number of carbonyl (C=O) groups is 1. The summed E-state index contributed by atoms with van der Waals surface area (Å²) in [5.74, 6) is 0.133. The number of anilines is 1. The predicted molar refractivity (Wildman–Crippen MR) is 53.7 cm³/mol. The molecule has 1 aromatic heterocycles. The Balaban J connectivity index is 2.80. The minimum Gasteiger partial charge on any atom is -0.466 e. The third kappa shape index (κ3) is 2.45. The highest BCUT2D eigenvalue weighted by Gasteiger charge is 2.10. The molecule has 4 heteroatoms. The third-order valence-corrected chi connectivity index (χ3v) is 1.95. The molecule has 0 saturated carbocycles. The van der Waals surface area contributed by atoms with E-state index in [0.717, 1.165) is 11.1 Å². The molecule has 0 atom stereocenters. The average molecular weight is 194 g/mol. The number of esters is 1. The monoisotopic (exact) mass is 194 g/mol. The van der Waals surface area contributed by atoms with Gasteiger partial charge in [-0.3, -0.25) is 4.79 Å². The maximum Gasteiger partial charge on any atom is 0.310 e. The second-order valence-electron chi connectivity index (χ2n) is 2.97. The highest BCUT2D eigenvalue weighted by Crippen LogP contribution is 2.14. The summed E-state index contributed by atoms with van der Waals surface area (Å²) in [5.41, 5.74) is 7.37. The van der Waals surface area contributed by atoms with Crippen LogP contribution in [0.4, 0.5) is 5.82 Å². The van der Waals surface area contributed by atoms with E-state index in [4.69, 9.17) is 10.5 Å². The van der Waals surface area contributed by atoms with E-state index in [1.807, 2.05) is 13.0 Å². The lowest BCUT2D eigenvalue weighted by Gasteiger charge is -2.07. The van der Waals surface area contributed by atoms with Gasteiger partial charge in [0, 0.05) is 11.8 Å². The summed E-state index contributed by atoms with van der Waals surface area (Å²) in [7, 11) is 0. The van der Waals surface area contributed by atoms with Crippen LogP contribution in [-0.2, 0) is 16.0 Å². The normalized spacial score (nSPS) is 9.86. The Hall–Kier alpha value is -1.58. The SMILES string of the molecule is CCOC(=O)Cc1c(C)ccnc1N. The van der Waals surface area contributed by atoms with Crippen molar-refractivity contribution in [3.05, 3.63) is 23.4 Å². The van der Waals surface area contributed by atoms with Gasteiger partial charge in [-0.2, -0.15) is 0 Å². The second kappa shape index (κ2) is 4.60. The van der Waals surface area contributed by atoms with Crippen molar-refractivity contribution in [2.45, 2.75) is 20.3 Å². The van der Waals surface area contributed by atoms with Gasteiger partial charge in [0.1, 0.15) is 5.82 Å². The highest BCUT2D eigenvalue weighted by molar-refractivity contribution is 5.74. The molecule has 0 aliphatic heterocycles. The standard InChI is InChI=1S/C10H14N2O2/c1-3-14-9(13)6-8-7(2)4-5-12-10(8)11/h4-5H,3,6H2,1-2H3,(H2,11,12). The van der Waals surface area contributed by atoms with E-state index >= 15 is 0 Å². The van der Waals surface area contributed by atoms with Crippen molar-refractivity contribution in [3.63, 3.8) is 0 Å². The minimum atomic E-state index is -0.268. The summed E-state index contributed by atoms with van der Waals surface area (Å²) < 4.78 is 4.83. The van der Waals surface area contributed by atoms with Crippen molar-refractivity contribution in [2.24, 2.45) is 0 Å². The summed E-state index contributed by atoms with van der Waals surface area (Å²) in [6.07, 6.45) is 1.82. The number of nitrogens with zero attached hydrogens (tertiary/aromatic N) is 1. The average Bonchev–Trinajstić information content (AvgIpc) is 2.12. The van der Waals surface area contributed by atoms with Crippen LogP contribution in [0.3, 0.4) is 0 Å². The predicted octanol–water partition coefficient (Wildman–Crippen LogP) is 1.08. The number of hydrogen-bond acceptors (Lipinski definition) is 4. The zero-order chi connectivity index (χ0) is 10.6. The van der Waals surface area contributed by atoms with Crippen LogP contribution in [0, 0.1) is 6.92 Å². The van der Waals surface area contributed by atoms with Crippen molar-refractivity contribution in [2.75, 3.05) is 12.3 Å². The first-order valence-electron chi connectivity index (χ1n) is 4.50. The molecule has 14 heavy (non-hydrogen) atoms. The van der Waals surface area contributed by atoms with Crippen LogP contribution in [0.2, 0.25) is 0 Å². The number of aryl methyl sites for hydroxylation is 1. The van der Waals surface area contributed by atoms with E-state index < -0.39 is 0 Å². The summed E-state index contributed by atoms with van der Waals surface area (Å²) in [5, 5.41) is 0. The van der Waals surface area contributed by atoms with E-state index in [1.54, 1.807) is 13.1 Å². The highest BCUT2D eigenvalue weighted by atomic mass is 16.5. The smallest absolute Gasteiger partial charge is 0.310 e. The molecular weight excluding hydrogens is 180 g/mol. The van der Waals surface area contributed by atoms with E-state index in [1.165, 1.54) is 0 Å². The van der Waals surface area contributed by atoms with Crippen molar-refractivity contribution in [3.8, 4) is 0 Å². The number of ether oxygens (including phenoxy) is 1. The molecule has 0 amide bonds. The van der Waals surface area contributed by atoms with Gasteiger partial charge in [0.05, 0.1) is 13.0 Å². The number of pyridine rings is 1. The third-order valence-electron chi connectivity index (χ3n) is 1.95. The van der Waals surface area contributed by atoms with Gasteiger partial charge in [-0.15, -0.1) is 0 Å². The first kappa shape index (κ1) is 10.5. The Bertz CT molecular complexity index is 317. The first-order chi connectivity index (χ1) is 6.65. The zero-order valence-corrected chi connectivity index (χ0v) is 8.41. The molecular formula is C10H14N2O2. The number of hydrogen-bond donors (Lipinski definition) is 1. The van der Waals surface area contributed by atoms with Gasteiger partial charge in [-0.05, 0) is 25.5 Å². The Morgan fingerprint density at radius 2 is 2.36 bits per heavy atom. The Morgan fingerprint density at radius 3 is 2.93 bits per heavy atom. The minimum absolute atomic E-state index is 0.194. The van der Waals surface area contributed by atoms with Crippen molar-refractivity contribution >= 4 is 11.8 Å². The largest absolute Gasteiger partial charge is 0.466 e. The van der Waals surface area contributed by atoms with Crippen molar-refractivity contribution < 1.29 is 9.53 Å². The maximum absolute atomic E-state index is 11.2. The van der Waals surface area contributed by atoms with E-state index in [-0.39, 0.29) is 12.4 Å². The fraction of sp³-hybridized carbons (Fsp3) is 0.400. The lowest BCUT2D eigenvalue weighted by Crippen LogP contribution is -2.11. The Morgan fingerprint density at radius 1 is 1.64 bits per heavy atom. The summed E-state index contributed by atoms with van der Waals surface area (Å²) >= 11 is 0.